The van der Waals surface area contributed by atoms with Gasteiger partial charge in [0.25, 0.3) is 0 Å². The van der Waals surface area contributed by atoms with Crippen molar-refractivity contribution in [3.05, 3.63) is 48.6 Å². The number of fused-ring (bicyclic) bond motifs is 1. The molecule has 1 aliphatic heterocycles. The maximum absolute atomic E-state index is 12.4. The highest BCUT2D eigenvalue weighted by atomic mass is 16.5. The summed E-state index contributed by atoms with van der Waals surface area (Å²) in [6.07, 6.45) is 5.83. The van der Waals surface area contributed by atoms with Crippen LogP contribution in [0, 0.1) is 11.8 Å². The van der Waals surface area contributed by atoms with Crippen molar-refractivity contribution < 1.29 is 14.3 Å². The third-order valence-corrected chi connectivity index (χ3v) is 5.43. The lowest BCUT2D eigenvalue weighted by atomic mass is 10.2. The lowest BCUT2D eigenvalue weighted by molar-refractivity contribution is -0.125. The number of anilines is 1. The Labute approximate surface area is 204 Å². The molecule has 0 radical (unpaired) electrons. The molecule has 0 aliphatic carbocycles. The van der Waals surface area contributed by atoms with Gasteiger partial charge in [-0.25, -0.2) is 15.0 Å². The second kappa shape index (κ2) is 11.4. The molecule has 1 aromatic carbocycles. The van der Waals surface area contributed by atoms with Crippen molar-refractivity contribution in [1.29, 1.82) is 0 Å². The maximum Gasteiger partial charge on any atom is 0.246 e. The van der Waals surface area contributed by atoms with Gasteiger partial charge >= 0.3 is 0 Å². The molecule has 0 bridgehead atoms. The van der Waals surface area contributed by atoms with Crippen LogP contribution in [-0.4, -0.2) is 89.1 Å². The smallest absolute Gasteiger partial charge is 0.246 e. The van der Waals surface area contributed by atoms with E-state index in [1.54, 1.807) is 13.2 Å². The van der Waals surface area contributed by atoms with Gasteiger partial charge in [0.1, 0.15) is 24.4 Å². The highest BCUT2D eigenvalue weighted by Crippen LogP contribution is 2.21. The van der Waals surface area contributed by atoms with Gasteiger partial charge in [0.15, 0.2) is 22.8 Å². The molecule has 0 spiro atoms. The Morgan fingerprint density at radius 1 is 1.29 bits per heavy atom. The van der Waals surface area contributed by atoms with Crippen LogP contribution in [0.5, 0.6) is 11.5 Å². The first-order valence-corrected chi connectivity index (χ1v) is 11.3. The first-order chi connectivity index (χ1) is 17.0. The predicted molar refractivity (Wildman–Crippen MR) is 133 cm³/mol. The number of nitrogens with zero attached hydrogens (tertiary/aromatic N) is 5. The van der Waals surface area contributed by atoms with Crippen molar-refractivity contribution in [2.24, 2.45) is 0 Å². The van der Waals surface area contributed by atoms with E-state index in [2.05, 4.69) is 37.1 Å². The van der Waals surface area contributed by atoms with Gasteiger partial charge in [0, 0.05) is 31.8 Å². The van der Waals surface area contributed by atoms with Crippen molar-refractivity contribution in [2.75, 3.05) is 52.8 Å². The van der Waals surface area contributed by atoms with Crippen molar-refractivity contribution in [3.63, 3.8) is 0 Å². The standard InChI is InChI=1S/C25H29N7O3/c1-31(2)13-4-7-22(33)32-14-12-18(16-32)28-24-23-25(27-17-26-24)30-21(29-23)6-5-15-35-20-10-8-19(34-3)9-11-20/h4,7-11,17-18H,12-16H2,1-3H3,(H2,26,27,28,29,30)/b7-4+. The second-order valence-corrected chi connectivity index (χ2v) is 8.35. The molecule has 3 aromatic rings. The van der Waals surface area contributed by atoms with Crippen LogP contribution in [0.25, 0.3) is 11.2 Å². The quantitative estimate of drug-likeness (QED) is 0.376. The molecular formula is C25H29N7O3. The van der Waals surface area contributed by atoms with Crippen molar-refractivity contribution in [1.82, 2.24) is 29.7 Å². The summed E-state index contributed by atoms with van der Waals surface area (Å²) in [7, 11) is 5.56. The van der Waals surface area contributed by atoms with Crippen molar-refractivity contribution in [2.45, 2.75) is 12.5 Å². The normalized spacial score (nSPS) is 15.4. The zero-order valence-corrected chi connectivity index (χ0v) is 20.1. The first kappa shape index (κ1) is 24.0. The zero-order chi connectivity index (χ0) is 24.6. The number of ether oxygens (including phenoxy) is 2. The van der Waals surface area contributed by atoms with Crippen LogP contribution in [0.4, 0.5) is 5.82 Å². The number of imidazole rings is 1. The first-order valence-electron chi connectivity index (χ1n) is 11.3. The van der Waals surface area contributed by atoms with E-state index in [0.29, 0.717) is 41.6 Å². The Kier molecular flexibility index (Phi) is 7.80. The number of nitrogens with one attached hydrogen (secondary N) is 2. The number of likely N-dealkylation sites (N-methyl/N-ethyl adjacent to an activating group) is 1. The molecule has 182 valence electrons. The molecule has 1 aliphatic rings. The molecule has 1 saturated heterocycles. The van der Waals surface area contributed by atoms with E-state index in [0.717, 1.165) is 18.7 Å². The van der Waals surface area contributed by atoms with Gasteiger partial charge in [-0.3, -0.25) is 4.79 Å². The number of carbonyl (C=O) groups excluding carboxylic acids is 1. The summed E-state index contributed by atoms with van der Waals surface area (Å²) in [6.45, 7) is 2.26. The summed E-state index contributed by atoms with van der Waals surface area (Å²) in [5.74, 6) is 8.53. The molecule has 0 saturated carbocycles. The minimum absolute atomic E-state index is 0.0261. The molecule has 1 fully saturated rings. The van der Waals surface area contributed by atoms with Gasteiger partial charge in [-0.2, -0.15) is 0 Å². The molecule has 35 heavy (non-hydrogen) atoms. The molecular weight excluding hydrogens is 446 g/mol. The summed E-state index contributed by atoms with van der Waals surface area (Å²) in [6, 6.07) is 7.40. The fraction of sp³-hybridized carbons (Fsp3) is 0.360. The number of hydrogen-bond donors (Lipinski definition) is 2. The van der Waals surface area contributed by atoms with Gasteiger partial charge in [-0.15, -0.1) is 0 Å². The lowest BCUT2D eigenvalue weighted by Gasteiger charge is -2.16. The van der Waals surface area contributed by atoms with Crippen LogP contribution in [0.15, 0.2) is 42.7 Å². The van der Waals surface area contributed by atoms with Gasteiger partial charge in [-0.05, 0) is 50.7 Å². The SMILES string of the molecule is COc1ccc(OCC#Cc2nc3c(NC4CCN(C(=O)/C=C/CN(C)C)C4)ncnc3[nH]2)cc1. The monoisotopic (exact) mass is 475 g/mol. The fourth-order valence-corrected chi connectivity index (χ4v) is 3.65. The Hall–Kier alpha value is -4.10. The number of benzene rings is 1. The number of aromatic amines is 1. The fourth-order valence-electron chi connectivity index (χ4n) is 3.65. The Morgan fingerprint density at radius 2 is 2.09 bits per heavy atom. The van der Waals surface area contributed by atoms with E-state index in [1.807, 2.05) is 54.2 Å². The number of likely N-dealkylation sites (tertiary alicyclic amines) is 1. The molecule has 3 heterocycles. The van der Waals surface area contributed by atoms with Gasteiger partial charge in [0.2, 0.25) is 5.91 Å². The van der Waals surface area contributed by atoms with Crippen LogP contribution < -0.4 is 14.8 Å². The Balaban J connectivity index is 1.35. The predicted octanol–water partition coefficient (Wildman–Crippen LogP) is 1.92. The summed E-state index contributed by atoms with van der Waals surface area (Å²) < 4.78 is 10.8. The van der Waals surface area contributed by atoms with Crippen LogP contribution >= 0.6 is 0 Å². The molecule has 2 aromatic heterocycles. The van der Waals surface area contributed by atoms with E-state index in [1.165, 1.54) is 6.33 Å². The number of carbonyl (C=O) groups is 1. The third kappa shape index (κ3) is 6.49. The van der Waals surface area contributed by atoms with Crippen LogP contribution in [0.2, 0.25) is 0 Å². The molecule has 10 heteroatoms. The van der Waals surface area contributed by atoms with Crippen LogP contribution in [0.1, 0.15) is 12.2 Å². The number of methoxy groups -OCH3 is 1. The van der Waals surface area contributed by atoms with Crippen LogP contribution in [-0.2, 0) is 4.79 Å². The summed E-state index contributed by atoms with van der Waals surface area (Å²) in [5.41, 5.74) is 1.21. The third-order valence-electron chi connectivity index (χ3n) is 5.43. The van der Waals surface area contributed by atoms with Crippen molar-refractivity contribution >= 4 is 22.9 Å². The van der Waals surface area contributed by atoms with Gasteiger partial charge in [0.05, 0.1) is 7.11 Å². The van der Waals surface area contributed by atoms with E-state index in [4.69, 9.17) is 9.47 Å². The summed E-state index contributed by atoms with van der Waals surface area (Å²) in [5, 5.41) is 3.41. The Morgan fingerprint density at radius 3 is 2.86 bits per heavy atom. The van der Waals surface area contributed by atoms with E-state index in [-0.39, 0.29) is 18.6 Å². The number of rotatable bonds is 8. The molecule has 4 rings (SSSR count). The molecule has 1 atom stereocenters. The average Bonchev–Trinajstić information content (AvgIpc) is 3.49. The van der Waals surface area contributed by atoms with E-state index >= 15 is 0 Å². The number of H-pyrrole nitrogens is 1. The van der Waals surface area contributed by atoms with Gasteiger partial charge in [-0.1, -0.05) is 12.0 Å². The number of hydrogen-bond acceptors (Lipinski definition) is 8. The Bertz CT molecular complexity index is 1240. The zero-order valence-electron chi connectivity index (χ0n) is 20.1. The largest absolute Gasteiger partial charge is 0.497 e. The number of aromatic nitrogens is 4. The molecule has 2 N–H and O–H groups in total. The lowest BCUT2D eigenvalue weighted by Crippen LogP contribution is -2.30. The summed E-state index contributed by atoms with van der Waals surface area (Å²) >= 11 is 0. The second-order valence-electron chi connectivity index (χ2n) is 8.35. The van der Waals surface area contributed by atoms with E-state index < -0.39 is 0 Å². The summed E-state index contributed by atoms with van der Waals surface area (Å²) in [4.78, 5) is 32.5. The minimum Gasteiger partial charge on any atom is -0.497 e. The molecule has 10 nitrogen and oxygen atoms in total. The molecule has 1 unspecified atom stereocenters. The van der Waals surface area contributed by atoms with Gasteiger partial charge < -0.3 is 29.6 Å². The average molecular weight is 476 g/mol. The van der Waals surface area contributed by atoms with Crippen molar-refractivity contribution in [3.8, 4) is 23.3 Å². The van der Waals surface area contributed by atoms with E-state index in [9.17, 15) is 4.79 Å². The van der Waals surface area contributed by atoms with Crippen LogP contribution in [0.3, 0.4) is 0 Å². The molecule has 1 amide bonds. The topological polar surface area (TPSA) is 108 Å². The maximum atomic E-state index is 12.4. The highest BCUT2D eigenvalue weighted by molar-refractivity contribution is 5.88. The highest BCUT2D eigenvalue weighted by Gasteiger charge is 2.26. The minimum atomic E-state index is 0.0261. The number of amides is 1.